The molecular weight excluding hydrogens is 314 g/mol. The topological polar surface area (TPSA) is 76.4 Å². The molecule has 0 atom stereocenters. The van der Waals surface area contributed by atoms with Gasteiger partial charge in [-0.25, -0.2) is 0 Å². The summed E-state index contributed by atoms with van der Waals surface area (Å²) in [6.45, 7) is 3.96. The van der Waals surface area contributed by atoms with Gasteiger partial charge in [0.15, 0.2) is 5.11 Å². The molecule has 0 heterocycles. The minimum absolute atomic E-state index is 0.0390. The standard InChI is InChI=1S/C16H17N3O3S/c1-10-4-5-11(2)13(8-10)17-16(23)18-14-9-12(19(20)21)6-7-15(14)22-3/h4-9H,1-3H3,(H2,17,18,23). The summed E-state index contributed by atoms with van der Waals surface area (Å²) in [5, 5.41) is 17.3. The van der Waals surface area contributed by atoms with Crippen molar-refractivity contribution in [3.05, 3.63) is 57.6 Å². The first kappa shape index (κ1) is 16.7. The summed E-state index contributed by atoms with van der Waals surface area (Å²) in [6, 6.07) is 10.3. The highest BCUT2D eigenvalue weighted by Gasteiger charge is 2.12. The van der Waals surface area contributed by atoms with Crippen molar-refractivity contribution in [1.29, 1.82) is 0 Å². The van der Waals surface area contributed by atoms with E-state index in [4.69, 9.17) is 17.0 Å². The number of nitrogens with zero attached hydrogens (tertiary/aromatic N) is 1. The Hall–Kier alpha value is -2.67. The number of aryl methyl sites for hydroxylation is 2. The molecule has 6 nitrogen and oxygen atoms in total. The number of rotatable bonds is 4. The van der Waals surface area contributed by atoms with Gasteiger partial charge >= 0.3 is 0 Å². The maximum atomic E-state index is 10.9. The van der Waals surface area contributed by atoms with Crippen molar-refractivity contribution >= 4 is 34.4 Å². The van der Waals surface area contributed by atoms with Crippen LogP contribution in [0.2, 0.25) is 0 Å². The van der Waals surface area contributed by atoms with Crippen molar-refractivity contribution < 1.29 is 9.66 Å². The Morgan fingerprint density at radius 2 is 1.83 bits per heavy atom. The molecule has 2 aromatic rings. The molecule has 0 aliphatic heterocycles. The number of nitrogens with one attached hydrogen (secondary N) is 2. The van der Waals surface area contributed by atoms with E-state index < -0.39 is 4.92 Å². The summed E-state index contributed by atoms with van der Waals surface area (Å²) in [5.74, 6) is 0.473. The van der Waals surface area contributed by atoms with E-state index in [1.54, 1.807) is 0 Å². The predicted molar refractivity (Wildman–Crippen MR) is 95.4 cm³/mol. The predicted octanol–water partition coefficient (Wildman–Crippen LogP) is 4.03. The number of methoxy groups -OCH3 is 1. The minimum Gasteiger partial charge on any atom is -0.495 e. The number of thiocarbonyl (C=S) groups is 1. The molecule has 0 fully saturated rings. The van der Waals surface area contributed by atoms with Gasteiger partial charge in [0.05, 0.1) is 17.7 Å². The molecule has 23 heavy (non-hydrogen) atoms. The summed E-state index contributed by atoms with van der Waals surface area (Å²) >= 11 is 5.29. The maximum Gasteiger partial charge on any atom is 0.271 e. The van der Waals surface area contributed by atoms with Crippen LogP contribution in [0.4, 0.5) is 17.1 Å². The third kappa shape index (κ3) is 4.17. The number of benzene rings is 2. The molecular formula is C16H17N3O3S. The van der Waals surface area contributed by atoms with Gasteiger partial charge in [0.25, 0.3) is 5.69 Å². The molecule has 0 aromatic heterocycles. The number of anilines is 2. The Balaban J connectivity index is 2.21. The van der Waals surface area contributed by atoms with Gasteiger partial charge in [0.1, 0.15) is 5.75 Å². The van der Waals surface area contributed by atoms with Crippen molar-refractivity contribution in [3.63, 3.8) is 0 Å². The first-order valence-corrected chi connectivity index (χ1v) is 7.29. The van der Waals surface area contributed by atoms with Gasteiger partial charge in [-0.15, -0.1) is 0 Å². The molecule has 0 amide bonds. The van der Waals surface area contributed by atoms with Gasteiger partial charge in [-0.05, 0) is 49.3 Å². The van der Waals surface area contributed by atoms with Crippen molar-refractivity contribution in [1.82, 2.24) is 0 Å². The van der Waals surface area contributed by atoms with Gasteiger partial charge < -0.3 is 15.4 Å². The lowest BCUT2D eigenvalue weighted by atomic mass is 10.1. The second-order valence-electron chi connectivity index (χ2n) is 5.04. The van der Waals surface area contributed by atoms with Crippen LogP contribution in [0.3, 0.4) is 0 Å². The minimum atomic E-state index is -0.466. The van der Waals surface area contributed by atoms with Gasteiger partial charge in [-0.3, -0.25) is 10.1 Å². The number of hydrogen-bond donors (Lipinski definition) is 2. The van der Waals surface area contributed by atoms with Crippen LogP contribution < -0.4 is 15.4 Å². The van der Waals surface area contributed by atoms with E-state index in [0.717, 1.165) is 16.8 Å². The van der Waals surface area contributed by atoms with Gasteiger partial charge in [-0.2, -0.15) is 0 Å². The van der Waals surface area contributed by atoms with E-state index in [2.05, 4.69) is 10.6 Å². The molecule has 0 radical (unpaired) electrons. The zero-order valence-corrected chi connectivity index (χ0v) is 13.9. The van der Waals surface area contributed by atoms with E-state index in [-0.39, 0.29) is 5.69 Å². The first-order valence-electron chi connectivity index (χ1n) is 6.88. The molecule has 2 rings (SSSR count). The smallest absolute Gasteiger partial charge is 0.271 e. The molecule has 0 bridgehead atoms. The van der Waals surface area contributed by atoms with Gasteiger partial charge in [0.2, 0.25) is 0 Å². The largest absolute Gasteiger partial charge is 0.495 e. The Morgan fingerprint density at radius 3 is 2.48 bits per heavy atom. The number of nitro groups is 1. The van der Waals surface area contributed by atoms with Crippen LogP contribution in [0.25, 0.3) is 0 Å². The van der Waals surface area contributed by atoms with E-state index in [9.17, 15) is 10.1 Å². The first-order chi connectivity index (χ1) is 10.9. The van der Waals surface area contributed by atoms with E-state index in [1.165, 1.54) is 25.3 Å². The molecule has 0 unspecified atom stereocenters. The molecule has 7 heteroatoms. The molecule has 0 spiro atoms. The molecule has 0 aliphatic carbocycles. The fourth-order valence-electron chi connectivity index (χ4n) is 2.05. The summed E-state index contributed by atoms with van der Waals surface area (Å²) in [5.41, 5.74) is 3.43. The van der Waals surface area contributed by atoms with E-state index in [0.29, 0.717) is 16.5 Å². The Bertz CT molecular complexity index is 762. The average molecular weight is 331 g/mol. The highest BCUT2D eigenvalue weighted by Crippen LogP contribution is 2.29. The lowest BCUT2D eigenvalue weighted by Gasteiger charge is -2.15. The number of nitro benzene ring substituents is 1. The summed E-state index contributed by atoms with van der Waals surface area (Å²) in [7, 11) is 1.49. The molecule has 120 valence electrons. The van der Waals surface area contributed by atoms with Crippen LogP contribution in [0.15, 0.2) is 36.4 Å². The quantitative estimate of drug-likeness (QED) is 0.500. The number of non-ortho nitro benzene ring substituents is 1. The van der Waals surface area contributed by atoms with Crippen LogP contribution in [0, 0.1) is 24.0 Å². The molecule has 0 aliphatic rings. The van der Waals surface area contributed by atoms with Crippen molar-refractivity contribution in [3.8, 4) is 5.75 Å². The van der Waals surface area contributed by atoms with Crippen molar-refractivity contribution in [2.75, 3.05) is 17.7 Å². The fourth-order valence-corrected chi connectivity index (χ4v) is 2.27. The monoisotopic (exact) mass is 331 g/mol. The Kier molecular flexibility index (Phi) is 5.13. The summed E-state index contributed by atoms with van der Waals surface area (Å²) in [6.07, 6.45) is 0. The molecule has 2 aromatic carbocycles. The van der Waals surface area contributed by atoms with Crippen molar-refractivity contribution in [2.45, 2.75) is 13.8 Å². The highest BCUT2D eigenvalue weighted by molar-refractivity contribution is 7.80. The van der Waals surface area contributed by atoms with E-state index >= 15 is 0 Å². The van der Waals surface area contributed by atoms with Gasteiger partial charge in [0, 0.05) is 17.8 Å². The normalized spacial score (nSPS) is 10.0. The third-order valence-electron chi connectivity index (χ3n) is 3.28. The maximum absolute atomic E-state index is 10.9. The van der Waals surface area contributed by atoms with Gasteiger partial charge in [-0.1, -0.05) is 12.1 Å². The van der Waals surface area contributed by atoms with Crippen LogP contribution in [-0.2, 0) is 0 Å². The lowest BCUT2D eigenvalue weighted by molar-refractivity contribution is -0.384. The van der Waals surface area contributed by atoms with Crippen LogP contribution in [-0.4, -0.2) is 17.1 Å². The molecule has 0 saturated heterocycles. The molecule has 2 N–H and O–H groups in total. The zero-order valence-electron chi connectivity index (χ0n) is 13.0. The third-order valence-corrected chi connectivity index (χ3v) is 3.49. The second kappa shape index (κ2) is 7.06. The fraction of sp³-hybridized carbons (Fsp3) is 0.188. The Morgan fingerprint density at radius 1 is 1.13 bits per heavy atom. The van der Waals surface area contributed by atoms with Crippen LogP contribution in [0.1, 0.15) is 11.1 Å². The summed E-state index contributed by atoms with van der Waals surface area (Å²) < 4.78 is 5.20. The molecule has 0 saturated carbocycles. The second-order valence-corrected chi connectivity index (χ2v) is 5.45. The zero-order chi connectivity index (χ0) is 17.0. The number of ether oxygens (including phenoxy) is 1. The highest BCUT2D eigenvalue weighted by atomic mass is 32.1. The van der Waals surface area contributed by atoms with Crippen molar-refractivity contribution in [2.24, 2.45) is 0 Å². The van der Waals surface area contributed by atoms with Crippen LogP contribution >= 0.6 is 12.2 Å². The summed E-state index contributed by atoms with van der Waals surface area (Å²) in [4.78, 5) is 10.4. The number of hydrogen-bond acceptors (Lipinski definition) is 4. The lowest BCUT2D eigenvalue weighted by Crippen LogP contribution is -2.20. The van der Waals surface area contributed by atoms with E-state index in [1.807, 2.05) is 32.0 Å². The SMILES string of the molecule is COc1ccc([N+](=O)[O-])cc1NC(=S)Nc1cc(C)ccc1C. The Labute approximate surface area is 139 Å². The van der Waals surface area contributed by atoms with Crippen LogP contribution in [0.5, 0.6) is 5.75 Å². The average Bonchev–Trinajstić information content (AvgIpc) is 2.50.